The van der Waals surface area contributed by atoms with Crippen molar-refractivity contribution < 1.29 is 9.18 Å². The van der Waals surface area contributed by atoms with Crippen LogP contribution in [0.25, 0.3) is 0 Å². The van der Waals surface area contributed by atoms with Crippen molar-refractivity contribution in [3.63, 3.8) is 0 Å². The zero-order chi connectivity index (χ0) is 12.0. The number of halogens is 1. The summed E-state index contributed by atoms with van der Waals surface area (Å²) in [5, 5.41) is 2.75. The summed E-state index contributed by atoms with van der Waals surface area (Å²) >= 11 is 0. The van der Waals surface area contributed by atoms with Gasteiger partial charge in [-0.25, -0.2) is 9.18 Å². The minimum Gasteiger partial charge on any atom is -0.334 e. The molecule has 0 bridgehead atoms. The van der Waals surface area contributed by atoms with Crippen molar-refractivity contribution in [2.24, 2.45) is 0 Å². The minimum absolute atomic E-state index is 0.116. The summed E-state index contributed by atoms with van der Waals surface area (Å²) in [7, 11) is 0. The van der Waals surface area contributed by atoms with Crippen molar-refractivity contribution in [1.29, 1.82) is 0 Å². The van der Waals surface area contributed by atoms with Crippen molar-refractivity contribution in [1.82, 2.24) is 10.2 Å². The third kappa shape index (κ3) is 3.53. The predicted octanol–water partition coefficient (Wildman–Crippen LogP) is 2.38. The van der Waals surface area contributed by atoms with Gasteiger partial charge in [0.05, 0.1) is 0 Å². The Labute approximate surface area is 95.3 Å². The second-order valence-electron chi connectivity index (χ2n) is 3.46. The Balaban J connectivity index is 2.48. The topological polar surface area (TPSA) is 32.3 Å². The molecule has 3 nitrogen and oxygen atoms in total. The lowest BCUT2D eigenvalue weighted by Gasteiger charge is -2.19. The first-order valence-electron chi connectivity index (χ1n) is 5.44. The molecule has 4 heteroatoms. The zero-order valence-corrected chi connectivity index (χ0v) is 9.66. The van der Waals surface area contributed by atoms with Crippen LogP contribution < -0.4 is 5.32 Å². The predicted molar refractivity (Wildman–Crippen MR) is 61.6 cm³/mol. The van der Waals surface area contributed by atoms with E-state index in [1.54, 1.807) is 17.0 Å². The van der Waals surface area contributed by atoms with E-state index in [1.165, 1.54) is 12.1 Å². The highest BCUT2D eigenvalue weighted by Crippen LogP contribution is 2.03. The third-order valence-electron chi connectivity index (χ3n) is 2.38. The number of amides is 2. The maximum absolute atomic E-state index is 12.9. The van der Waals surface area contributed by atoms with Gasteiger partial charge in [-0.05, 0) is 31.5 Å². The van der Waals surface area contributed by atoms with E-state index in [2.05, 4.69) is 5.32 Å². The lowest BCUT2D eigenvalue weighted by atomic mass is 10.2. The summed E-state index contributed by atoms with van der Waals surface area (Å²) in [4.78, 5) is 13.3. The van der Waals surface area contributed by atoms with Crippen LogP contribution in [0.15, 0.2) is 24.3 Å². The number of carbonyl (C=O) groups is 1. The van der Waals surface area contributed by atoms with Crippen molar-refractivity contribution in [3.8, 4) is 0 Å². The number of rotatable bonds is 4. The molecule has 0 aliphatic carbocycles. The molecule has 0 atom stereocenters. The number of hydrogen-bond acceptors (Lipinski definition) is 1. The van der Waals surface area contributed by atoms with Crippen LogP contribution in [0.2, 0.25) is 0 Å². The molecule has 0 aromatic heterocycles. The summed E-state index contributed by atoms with van der Waals surface area (Å²) in [6.45, 7) is 5.54. The van der Waals surface area contributed by atoms with Gasteiger partial charge in [0.25, 0.3) is 0 Å². The Hall–Kier alpha value is -1.58. The Bertz CT molecular complexity index is 351. The molecule has 0 heterocycles. The number of carbonyl (C=O) groups excluding carboxylic acids is 1. The molecule has 1 rings (SSSR count). The largest absolute Gasteiger partial charge is 0.334 e. The summed E-state index contributed by atoms with van der Waals surface area (Å²) in [5.41, 5.74) is 0.764. The van der Waals surface area contributed by atoms with Gasteiger partial charge in [0.2, 0.25) is 0 Å². The van der Waals surface area contributed by atoms with Gasteiger partial charge in [-0.2, -0.15) is 0 Å². The maximum atomic E-state index is 12.9. The molecule has 0 radical (unpaired) electrons. The highest BCUT2D eigenvalue weighted by atomic mass is 19.1. The van der Waals surface area contributed by atoms with E-state index in [0.29, 0.717) is 19.6 Å². The minimum atomic E-state index is -0.283. The van der Waals surface area contributed by atoms with E-state index in [1.807, 2.05) is 13.8 Å². The molecule has 0 saturated heterocycles. The summed E-state index contributed by atoms with van der Waals surface area (Å²) in [5.74, 6) is -0.283. The molecule has 0 fully saturated rings. The highest BCUT2D eigenvalue weighted by molar-refractivity contribution is 5.74. The molecule has 0 saturated carbocycles. The van der Waals surface area contributed by atoms with E-state index >= 15 is 0 Å². The Kier molecular flexibility index (Phi) is 4.76. The Morgan fingerprint density at radius 2 is 2.06 bits per heavy atom. The quantitative estimate of drug-likeness (QED) is 0.836. The van der Waals surface area contributed by atoms with Crippen LogP contribution in [0, 0.1) is 5.82 Å². The van der Waals surface area contributed by atoms with E-state index < -0.39 is 0 Å². The molecule has 1 N–H and O–H groups in total. The van der Waals surface area contributed by atoms with Crippen molar-refractivity contribution in [2.75, 3.05) is 13.1 Å². The van der Waals surface area contributed by atoms with E-state index in [4.69, 9.17) is 0 Å². The number of urea groups is 1. The van der Waals surface area contributed by atoms with Crippen molar-refractivity contribution >= 4 is 6.03 Å². The SMILES string of the molecule is CCN(CC)C(=O)NCc1cccc(F)c1. The fourth-order valence-corrected chi connectivity index (χ4v) is 1.45. The molecule has 1 aromatic rings. The fourth-order valence-electron chi connectivity index (χ4n) is 1.45. The van der Waals surface area contributed by atoms with Crippen LogP contribution in [-0.2, 0) is 6.54 Å². The van der Waals surface area contributed by atoms with Crippen LogP contribution in [0.1, 0.15) is 19.4 Å². The van der Waals surface area contributed by atoms with Crippen LogP contribution >= 0.6 is 0 Å². The molecule has 0 aliphatic rings. The maximum Gasteiger partial charge on any atom is 0.317 e. The second kappa shape index (κ2) is 6.10. The van der Waals surface area contributed by atoms with Gasteiger partial charge in [0, 0.05) is 19.6 Å². The first-order chi connectivity index (χ1) is 7.67. The van der Waals surface area contributed by atoms with Gasteiger partial charge < -0.3 is 10.2 Å². The fraction of sp³-hybridized carbons (Fsp3) is 0.417. The van der Waals surface area contributed by atoms with Gasteiger partial charge in [-0.1, -0.05) is 12.1 Å². The highest BCUT2D eigenvalue weighted by Gasteiger charge is 2.07. The van der Waals surface area contributed by atoms with Crippen molar-refractivity contribution in [2.45, 2.75) is 20.4 Å². The number of hydrogen-bond donors (Lipinski definition) is 1. The zero-order valence-electron chi connectivity index (χ0n) is 9.66. The van der Waals surface area contributed by atoms with Gasteiger partial charge >= 0.3 is 6.03 Å². The lowest BCUT2D eigenvalue weighted by molar-refractivity contribution is 0.203. The summed E-state index contributed by atoms with van der Waals surface area (Å²) < 4.78 is 12.9. The number of nitrogens with zero attached hydrogens (tertiary/aromatic N) is 1. The molecule has 1 aromatic carbocycles. The van der Waals surface area contributed by atoms with Gasteiger partial charge in [0.1, 0.15) is 5.82 Å². The number of nitrogens with one attached hydrogen (secondary N) is 1. The summed E-state index contributed by atoms with van der Waals surface area (Å²) in [6, 6.07) is 6.10. The lowest BCUT2D eigenvalue weighted by Crippen LogP contribution is -2.39. The molecule has 0 aliphatic heterocycles. The molecular formula is C12H17FN2O. The average Bonchev–Trinajstić information content (AvgIpc) is 2.28. The van der Waals surface area contributed by atoms with Crippen LogP contribution in [0.5, 0.6) is 0 Å². The van der Waals surface area contributed by atoms with Gasteiger partial charge in [0.15, 0.2) is 0 Å². The van der Waals surface area contributed by atoms with Crippen LogP contribution in [0.4, 0.5) is 9.18 Å². The number of benzene rings is 1. The first-order valence-corrected chi connectivity index (χ1v) is 5.44. The monoisotopic (exact) mass is 224 g/mol. The molecule has 16 heavy (non-hydrogen) atoms. The summed E-state index contributed by atoms with van der Waals surface area (Å²) in [6.07, 6.45) is 0. The molecule has 2 amide bonds. The van der Waals surface area contributed by atoms with Crippen LogP contribution in [-0.4, -0.2) is 24.0 Å². The molecule has 88 valence electrons. The normalized spacial score (nSPS) is 9.94. The Morgan fingerprint density at radius 3 is 2.62 bits per heavy atom. The molecular weight excluding hydrogens is 207 g/mol. The Morgan fingerprint density at radius 1 is 1.38 bits per heavy atom. The first kappa shape index (κ1) is 12.5. The molecule has 0 spiro atoms. The van der Waals surface area contributed by atoms with Crippen molar-refractivity contribution in [3.05, 3.63) is 35.6 Å². The van der Waals surface area contributed by atoms with Gasteiger partial charge in [-0.3, -0.25) is 0 Å². The standard InChI is InChI=1S/C12H17FN2O/c1-3-15(4-2)12(16)14-9-10-6-5-7-11(13)8-10/h5-8H,3-4,9H2,1-2H3,(H,14,16). The van der Waals surface area contributed by atoms with Gasteiger partial charge in [-0.15, -0.1) is 0 Å². The average molecular weight is 224 g/mol. The van der Waals surface area contributed by atoms with E-state index in [0.717, 1.165) is 5.56 Å². The van der Waals surface area contributed by atoms with Crippen LogP contribution in [0.3, 0.4) is 0 Å². The van der Waals surface area contributed by atoms with E-state index in [9.17, 15) is 9.18 Å². The van der Waals surface area contributed by atoms with E-state index in [-0.39, 0.29) is 11.8 Å². The molecule has 0 unspecified atom stereocenters. The smallest absolute Gasteiger partial charge is 0.317 e. The third-order valence-corrected chi connectivity index (χ3v) is 2.38. The second-order valence-corrected chi connectivity index (χ2v) is 3.46.